The van der Waals surface area contributed by atoms with Gasteiger partial charge in [-0.15, -0.1) is 0 Å². The number of urea groups is 1. The van der Waals surface area contributed by atoms with Crippen molar-refractivity contribution in [3.05, 3.63) is 81.5 Å². The van der Waals surface area contributed by atoms with Crippen molar-refractivity contribution in [1.29, 1.82) is 5.26 Å². The highest BCUT2D eigenvalue weighted by Crippen LogP contribution is 2.40. The van der Waals surface area contributed by atoms with Gasteiger partial charge in [0.05, 0.1) is 16.1 Å². The van der Waals surface area contributed by atoms with Crippen molar-refractivity contribution in [3.63, 3.8) is 0 Å². The highest BCUT2D eigenvalue weighted by Gasteiger charge is 2.35. The number of benzene rings is 2. The number of hydrogen-bond donors (Lipinski definition) is 2. The van der Waals surface area contributed by atoms with Crippen LogP contribution in [0.4, 0.5) is 23.7 Å². The van der Waals surface area contributed by atoms with Crippen LogP contribution in [-0.2, 0) is 6.18 Å². The summed E-state index contributed by atoms with van der Waals surface area (Å²) in [6.07, 6.45) is -3.72. The van der Waals surface area contributed by atoms with Crippen LogP contribution < -0.4 is 15.4 Å². The van der Waals surface area contributed by atoms with Crippen LogP contribution in [-0.4, -0.2) is 16.9 Å². The van der Waals surface area contributed by atoms with E-state index in [0.717, 1.165) is 18.3 Å². The summed E-state index contributed by atoms with van der Waals surface area (Å²) in [5.74, 6) is -1.90. The van der Waals surface area contributed by atoms with Gasteiger partial charge in [0, 0.05) is 11.9 Å². The van der Waals surface area contributed by atoms with Crippen LogP contribution in [0.3, 0.4) is 0 Å². The van der Waals surface area contributed by atoms with Gasteiger partial charge in [0.15, 0.2) is 0 Å². The number of nitrogens with one attached hydrogen (secondary N) is 2. The molecule has 0 radical (unpaired) electrons. The van der Waals surface area contributed by atoms with E-state index < -0.39 is 35.3 Å². The molecule has 0 saturated carbocycles. The molecule has 2 N–H and O–H groups in total. The molecule has 3 amide bonds. The van der Waals surface area contributed by atoms with Crippen molar-refractivity contribution in [2.24, 2.45) is 0 Å². The lowest BCUT2D eigenvalue weighted by molar-refractivity contribution is -0.138. The highest BCUT2D eigenvalue weighted by molar-refractivity contribution is 6.34. The molecule has 1 heterocycles. The first kappa shape index (κ1) is 23.8. The summed E-state index contributed by atoms with van der Waals surface area (Å²) in [5.41, 5.74) is -1.55. The van der Waals surface area contributed by atoms with Crippen LogP contribution in [0.2, 0.25) is 10.0 Å². The van der Waals surface area contributed by atoms with Crippen LogP contribution in [0.5, 0.6) is 11.6 Å². The van der Waals surface area contributed by atoms with E-state index in [1.54, 1.807) is 12.1 Å². The minimum absolute atomic E-state index is 0.0121. The summed E-state index contributed by atoms with van der Waals surface area (Å²) in [5, 5.41) is 12.9. The van der Waals surface area contributed by atoms with Gasteiger partial charge in [-0.2, -0.15) is 18.4 Å². The molecule has 168 valence electrons. The second-order valence-electron chi connectivity index (χ2n) is 6.29. The molecule has 0 saturated heterocycles. The molecule has 0 unspecified atom stereocenters. The third kappa shape index (κ3) is 5.71. The zero-order chi connectivity index (χ0) is 24.2. The first-order valence-electron chi connectivity index (χ1n) is 8.90. The van der Waals surface area contributed by atoms with Crippen LogP contribution in [0.15, 0.2) is 54.7 Å². The van der Waals surface area contributed by atoms with Gasteiger partial charge in [-0.3, -0.25) is 10.1 Å². The van der Waals surface area contributed by atoms with E-state index in [2.05, 4.69) is 10.3 Å². The van der Waals surface area contributed by atoms with Crippen molar-refractivity contribution in [1.82, 2.24) is 10.3 Å². The Morgan fingerprint density at radius 1 is 1.09 bits per heavy atom. The first-order chi connectivity index (χ1) is 15.6. The fourth-order valence-electron chi connectivity index (χ4n) is 2.58. The number of amides is 3. The molecule has 7 nitrogen and oxygen atoms in total. The molecule has 33 heavy (non-hydrogen) atoms. The minimum atomic E-state index is -4.88. The second kappa shape index (κ2) is 9.77. The normalized spacial score (nSPS) is 10.8. The molecule has 0 aliphatic carbocycles. The van der Waals surface area contributed by atoms with Crippen molar-refractivity contribution >= 4 is 40.8 Å². The molecule has 0 spiro atoms. The van der Waals surface area contributed by atoms with E-state index in [1.807, 2.05) is 5.32 Å². The molecule has 0 fully saturated rings. The summed E-state index contributed by atoms with van der Waals surface area (Å²) >= 11 is 11.8. The average molecular weight is 495 g/mol. The summed E-state index contributed by atoms with van der Waals surface area (Å²) in [7, 11) is 0. The smallest absolute Gasteiger partial charge is 0.420 e. The van der Waals surface area contributed by atoms with Gasteiger partial charge in [-0.1, -0.05) is 35.3 Å². The number of pyridine rings is 1. The van der Waals surface area contributed by atoms with E-state index in [1.165, 1.54) is 24.3 Å². The number of carbonyl (C=O) groups excluding carboxylic acids is 2. The topological polar surface area (TPSA) is 104 Å². The zero-order valence-corrected chi connectivity index (χ0v) is 17.7. The molecule has 0 bridgehead atoms. The lowest BCUT2D eigenvalue weighted by atomic mass is 10.1. The Labute approximate surface area is 194 Å². The van der Waals surface area contributed by atoms with Crippen molar-refractivity contribution in [2.45, 2.75) is 6.18 Å². The molecular weight excluding hydrogens is 484 g/mol. The summed E-state index contributed by atoms with van der Waals surface area (Å²) in [6, 6.07) is 10.5. The number of ether oxygens (including phenoxy) is 1. The summed E-state index contributed by atoms with van der Waals surface area (Å²) in [6.45, 7) is 0. The Kier molecular flexibility index (Phi) is 7.06. The molecular formula is C21H11Cl2F3N4O3. The Hall–Kier alpha value is -3.81. The summed E-state index contributed by atoms with van der Waals surface area (Å²) < 4.78 is 46.0. The quantitative estimate of drug-likeness (QED) is 0.460. The van der Waals surface area contributed by atoms with Crippen LogP contribution in [0.1, 0.15) is 21.5 Å². The number of nitrogens with zero attached hydrogens (tertiary/aromatic N) is 2. The molecule has 2 aromatic carbocycles. The Balaban J connectivity index is 1.82. The van der Waals surface area contributed by atoms with Crippen LogP contribution in [0.25, 0.3) is 0 Å². The Morgan fingerprint density at radius 3 is 2.48 bits per heavy atom. The molecule has 0 aliphatic heterocycles. The second-order valence-corrected chi connectivity index (χ2v) is 7.07. The van der Waals surface area contributed by atoms with E-state index in [0.29, 0.717) is 6.07 Å². The van der Waals surface area contributed by atoms with Crippen molar-refractivity contribution in [3.8, 4) is 17.7 Å². The number of anilines is 1. The number of alkyl halides is 3. The number of hydrogen-bond acceptors (Lipinski definition) is 5. The number of nitriles is 1. The molecule has 3 aromatic rings. The van der Waals surface area contributed by atoms with E-state index in [9.17, 15) is 22.8 Å². The predicted octanol–water partition coefficient (Wildman–Crippen LogP) is 6.03. The average Bonchev–Trinajstić information content (AvgIpc) is 2.75. The predicted molar refractivity (Wildman–Crippen MR) is 113 cm³/mol. The highest BCUT2D eigenvalue weighted by atomic mass is 35.5. The van der Waals surface area contributed by atoms with Gasteiger partial charge < -0.3 is 10.1 Å². The molecule has 0 aliphatic rings. The molecule has 3 rings (SSSR count). The Morgan fingerprint density at radius 2 is 1.82 bits per heavy atom. The molecule has 1 aromatic heterocycles. The zero-order valence-electron chi connectivity index (χ0n) is 16.2. The third-order valence-corrected chi connectivity index (χ3v) is 4.77. The lowest BCUT2D eigenvalue weighted by Gasteiger charge is -2.16. The van der Waals surface area contributed by atoms with Gasteiger partial charge >= 0.3 is 12.2 Å². The molecule has 12 heteroatoms. The maximum absolute atomic E-state index is 13.6. The number of imide groups is 1. The van der Waals surface area contributed by atoms with Crippen LogP contribution >= 0.6 is 23.2 Å². The van der Waals surface area contributed by atoms with Gasteiger partial charge in [0.25, 0.3) is 5.91 Å². The van der Waals surface area contributed by atoms with Gasteiger partial charge in [-0.25, -0.2) is 9.78 Å². The molecule has 0 atom stereocenters. The standard InChI is InChI=1S/C21H11Cl2F3N4O3/c22-15-4-2-1-3-13(15)18(31)30-20(32)29-12-5-6-16(14(9-12)21(24,25)26)33-19-17(23)11(10-27)7-8-28-19/h1-9H,(H2,29,30,31,32). The number of halogens is 5. The third-order valence-electron chi connectivity index (χ3n) is 4.07. The maximum Gasteiger partial charge on any atom is 0.420 e. The van der Waals surface area contributed by atoms with Gasteiger partial charge in [0.2, 0.25) is 5.88 Å². The SMILES string of the molecule is N#Cc1ccnc(Oc2ccc(NC(=O)NC(=O)c3ccccc3Cl)cc2C(F)(F)F)c1Cl. The first-order valence-corrected chi connectivity index (χ1v) is 9.66. The largest absolute Gasteiger partial charge is 0.437 e. The fourth-order valence-corrected chi connectivity index (χ4v) is 3.00. The monoisotopic (exact) mass is 494 g/mol. The fraction of sp³-hybridized carbons (Fsp3) is 0.0476. The van der Waals surface area contributed by atoms with Gasteiger partial charge in [0.1, 0.15) is 22.4 Å². The van der Waals surface area contributed by atoms with Crippen molar-refractivity contribution < 1.29 is 27.5 Å². The minimum Gasteiger partial charge on any atom is -0.437 e. The summed E-state index contributed by atoms with van der Waals surface area (Å²) in [4.78, 5) is 28.0. The van der Waals surface area contributed by atoms with Crippen molar-refractivity contribution in [2.75, 3.05) is 5.32 Å². The van der Waals surface area contributed by atoms with E-state index >= 15 is 0 Å². The number of rotatable bonds is 4. The van der Waals surface area contributed by atoms with Crippen LogP contribution in [0, 0.1) is 11.3 Å². The lowest BCUT2D eigenvalue weighted by Crippen LogP contribution is -2.34. The maximum atomic E-state index is 13.6. The number of aromatic nitrogens is 1. The van der Waals surface area contributed by atoms with Gasteiger partial charge in [-0.05, 0) is 36.4 Å². The Bertz CT molecular complexity index is 1280. The number of carbonyl (C=O) groups is 2. The van der Waals surface area contributed by atoms with E-state index in [4.69, 9.17) is 33.2 Å². The van der Waals surface area contributed by atoms with E-state index in [-0.39, 0.29) is 26.9 Å².